The van der Waals surface area contributed by atoms with Crippen LogP contribution in [0.5, 0.6) is 11.5 Å². The van der Waals surface area contributed by atoms with Gasteiger partial charge < -0.3 is 14.8 Å². The van der Waals surface area contributed by atoms with Crippen LogP contribution < -0.4 is 14.8 Å². The molecule has 4 rings (SSSR count). The molecule has 0 saturated carbocycles. The van der Waals surface area contributed by atoms with Gasteiger partial charge in [-0.1, -0.05) is 42.5 Å². The Bertz CT molecular complexity index is 1640. The summed E-state index contributed by atoms with van der Waals surface area (Å²) in [4.78, 5) is 12.7. The third kappa shape index (κ3) is 6.74. The molecule has 0 aliphatic rings. The summed E-state index contributed by atoms with van der Waals surface area (Å²) in [7, 11) is 0. The van der Waals surface area contributed by atoms with Gasteiger partial charge in [0.1, 0.15) is 18.2 Å². The van der Waals surface area contributed by atoms with E-state index in [0.29, 0.717) is 33.8 Å². The van der Waals surface area contributed by atoms with Gasteiger partial charge in [-0.3, -0.25) is 4.79 Å². The van der Waals surface area contributed by atoms with Crippen LogP contribution in [0.25, 0.3) is 16.8 Å². The van der Waals surface area contributed by atoms with Crippen molar-refractivity contribution < 1.29 is 27.4 Å². The molecular weight excluding hydrogens is 632 g/mol. The molecule has 0 aromatic heterocycles. The first-order valence-electron chi connectivity index (χ1n) is 12.3. The molecule has 0 aliphatic carbocycles. The Balaban J connectivity index is 1.60. The average Bonchev–Trinajstić information content (AvgIpc) is 2.92. The number of ether oxygens (including phenoxy) is 2. The van der Waals surface area contributed by atoms with E-state index in [1.807, 2.05) is 38.1 Å². The van der Waals surface area contributed by atoms with Crippen LogP contribution in [-0.4, -0.2) is 12.5 Å². The zero-order chi connectivity index (χ0) is 28.9. The Hall–Kier alpha value is -4.04. The molecule has 204 valence electrons. The number of carbonyl (C=O) groups is 1. The predicted octanol–water partition coefficient (Wildman–Crippen LogP) is 8.30. The first-order chi connectivity index (χ1) is 19.1. The van der Waals surface area contributed by atoms with Crippen molar-refractivity contribution in [1.29, 1.82) is 5.26 Å². The highest BCUT2D eigenvalue weighted by molar-refractivity contribution is 14.1. The number of hydrogen-bond donors (Lipinski definition) is 1. The highest BCUT2D eigenvalue weighted by Gasteiger charge is 2.30. The number of fused-ring (bicyclic) bond motifs is 1. The van der Waals surface area contributed by atoms with E-state index in [1.54, 1.807) is 12.1 Å². The van der Waals surface area contributed by atoms with Gasteiger partial charge >= 0.3 is 6.18 Å². The fraction of sp³-hybridized carbons (Fsp3) is 0.161. The van der Waals surface area contributed by atoms with Crippen LogP contribution in [0.4, 0.5) is 18.9 Å². The Morgan fingerprint density at radius 1 is 1.05 bits per heavy atom. The van der Waals surface area contributed by atoms with Crippen molar-refractivity contribution >= 4 is 51.0 Å². The van der Waals surface area contributed by atoms with Crippen molar-refractivity contribution in [3.63, 3.8) is 0 Å². The van der Waals surface area contributed by atoms with Crippen LogP contribution in [0.3, 0.4) is 0 Å². The molecule has 0 atom stereocenters. The lowest BCUT2D eigenvalue weighted by Gasteiger charge is -2.17. The van der Waals surface area contributed by atoms with E-state index < -0.39 is 17.6 Å². The highest BCUT2D eigenvalue weighted by Crippen LogP contribution is 2.36. The van der Waals surface area contributed by atoms with Crippen LogP contribution in [0.1, 0.15) is 29.2 Å². The van der Waals surface area contributed by atoms with Crippen LogP contribution in [0.15, 0.2) is 78.4 Å². The quantitative estimate of drug-likeness (QED) is 0.118. The van der Waals surface area contributed by atoms with Crippen LogP contribution in [0, 0.1) is 21.8 Å². The summed E-state index contributed by atoms with van der Waals surface area (Å²) in [6.07, 6.45) is -3.20. The monoisotopic (exact) mass is 656 g/mol. The van der Waals surface area contributed by atoms with E-state index in [-0.39, 0.29) is 11.3 Å². The minimum atomic E-state index is -4.56. The molecule has 9 heteroatoms. The SMILES string of the molecule is CCOc1cc(/C=C(\C#N)C(=O)Nc2cccc(C(F)(F)F)c2)cc(I)c1OCc1c(C)ccc2ccccc12. The van der Waals surface area contributed by atoms with Crippen molar-refractivity contribution in [3.8, 4) is 17.6 Å². The lowest BCUT2D eigenvalue weighted by atomic mass is 10.0. The van der Waals surface area contributed by atoms with Gasteiger partial charge in [0.2, 0.25) is 0 Å². The number of nitrogens with one attached hydrogen (secondary N) is 1. The molecule has 0 spiro atoms. The number of alkyl halides is 3. The van der Waals surface area contributed by atoms with Gasteiger partial charge in [-0.2, -0.15) is 18.4 Å². The first kappa shape index (κ1) is 29.0. The number of carbonyl (C=O) groups excluding carboxylic acids is 1. The number of nitrogens with zero attached hydrogens (tertiary/aromatic N) is 1. The highest BCUT2D eigenvalue weighted by atomic mass is 127. The van der Waals surface area contributed by atoms with Gasteiger partial charge in [0.25, 0.3) is 5.91 Å². The maximum atomic E-state index is 13.0. The molecule has 4 aromatic rings. The third-order valence-electron chi connectivity index (χ3n) is 6.09. The van der Waals surface area contributed by atoms with Gasteiger partial charge in [-0.25, -0.2) is 0 Å². The molecule has 1 amide bonds. The van der Waals surface area contributed by atoms with Gasteiger partial charge in [-0.05, 0) is 94.7 Å². The number of nitriles is 1. The molecule has 0 aliphatic heterocycles. The summed E-state index contributed by atoms with van der Waals surface area (Å²) in [6.45, 7) is 4.52. The summed E-state index contributed by atoms with van der Waals surface area (Å²) in [5.41, 5.74) is 1.39. The van der Waals surface area contributed by atoms with Gasteiger partial charge in [0, 0.05) is 11.3 Å². The smallest absolute Gasteiger partial charge is 0.416 e. The molecule has 40 heavy (non-hydrogen) atoms. The molecule has 0 saturated heterocycles. The number of benzene rings is 4. The molecule has 5 nitrogen and oxygen atoms in total. The standard InChI is InChI=1S/C31H24F3IN2O3/c1-3-39-28-15-20(13-22(17-36)30(38)37-24-9-6-8-23(16-24)31(32,33)34)14-27(35)29(28)40-18-26-19(2)11-12-21-7-4-5-10-25(21)26/h4-16H,3,18H2,1-2H3,(H,37,38)/b22-13+. The lowest BCUT2D eigenvalue weighted by molar-refractivity contribution is -0.137. The number of amides is 1. The molecular formula is C31H24F3IN2O3. The molecule has 0 heterocycles. The Morgan fingerprint density at radius 2 is 1.82 bits per heavy atom. The van der Waals surface area contributed by atoms with E-state index in [9.17, 15) is 23.2 Å². The second-order valence-corrected chi connectivity index (χ2v) is 10.00. The third-order valence-corrected chi connectivity index (χ3v) is 6.89. The van der Waals surface area contributed by atoms with E-state index in [4.69, 9.17) is 9.47 Å². The normalized spacial score (nSPS) is 11.7. The fourth-order valence-electron chi connectivity index (χ4n) is 4.14. The average molecular weight is 656 g/mol. The maximum absolute atomic E-state index is 13.0. The molecule has 0 fully saturated rings. The summed E-state index contributed by atoms with van der Waals surface area (Å²) < 4.78 is 51.9. The van der Waals surface area contributed by atoms with Crippen LogP contribution in [-0.2, 0) is 17.6 Å². The number of halogens is 4. The topological polar surface area (TPSA) is 71.3 Å². The summed E-state index contributed by atoms with van der Waals surface area (Å²) in [5, 5.41) is 14.2. The number of hydrogen-bond acceptors (Lipinski definition) is 4. The molecule has 0 unspecified atom stereocenters. The molecule has 0 radical (unpaired) electrons. The van der Waals surface area contributed by atoms with E-state index in [0.717, 1.165) is 34.0 Å². The second kappa shape index (κ2) is 12.4. The summed E-state index contributed by atoms with van der Waals surface area (Å²) in [5.74, 6) is 0.134. The van der Waals surface area contributed by atoms with Crippen molar-refractivity contribution in [3.05, 3.63) is 104 Å². The Morgan fingerprint density at radius 3 is 2.55 bits per heavy atom. The van der Waals surface area contributed by atoms with Crippen LogP contribution in [0.2, 0.25) is 0 Å². The zero-order valence-corrected chi connectivity index (χ0v) is 23.8. The van der Waals surface area contributed by atoms with Gasteiger partial charge in [-0.15, -0.1) is 0 Å². The maximum Gasteiger partial charge on any atom is 0.416 e. The van der Waals surface area contributed by atoms with Crippen molar-refractivity contribution in [2.45, 2.75) is 26.6 Å². The van der Waals surface area contributed by atoms with Crippen molar-refractivity contribution in [2.75, 3.05) is 11.9 Å². The second-order valence-electron chi connectivity index (χ2n) is 8.84. The van der Waals surface area contributed by atoms with Crippen molar-refractivity contribution in [1.82, 2.24) is 0 Å². The Labute approximate surface area is 243 Å². The summed E-state index contributed by atoms with van der Waals surface area (Å²) in [6, 6.07) is 21.6. The van der Waals surface area contributed by atoms with Crippen LogP contribution >= 0.6 is 22.6 Å². The Kier molecular flexibility index (Phi) is 9.00. The lowest BCUT2D eigenvalue weighted by Crippen LogP contribution is -2.14. The minimum absolute atomic E-state index is 0.0713. The van der Waals surface area contributed by atoms with Crippen molar-refractivity contribution in [2.24, 2.45) is 0 Å². The molecule has 0 bridgehead atoms. The first-order valence-corrected chi connectivity index (χ1v) is 13.4. The largest absolute Gasteiger partial charge is 0.490 e. The minimum Gasteiger partial charge on any atom is -0.490 e. The number of anilines is 1. The van der Waals surface area contributed by atoms with E-state index in [1.165, 1.54) is 18.2 Å². The molecule has 1 N–H and O–H groups in total. The van der Waals surface area contributed by atoms with E-state index in [2.05, 4.69) is 46.1 Å². The van der Waals surface area contributed by atoms with Gasteiger partial charge in [0.05, 0.1) is 15.7 Å². The number of rotatable bonds is 8. The van der Waals surface area contributed by atoms with E-state index >= 15 is 0 Å². The predicted molar refractivity (Wildman–Crippen MR) is 157 cm³/mol. The van der Waals surface area contributed by atoms with Gasteiger partial charge in [0.15, 0.2) is 11.5 Å². The fourth-order valence-corrected chi connectivity index (χ4v) is 4.92. The zero-order valence-electron chi connectivity index (χ0n) is 21.6. The summed E-state index contributed by atoms with van der Waals surface area (Å²) >= 11 is 2.10. The molecule has 4 aromatic carbocycles. The number of aryl methyl sites for hydroxylation is 1.